The molecule has 1 rings (SSSR count). The average Bonchev–Trinajstić information content (AvgIpc) is 2.79. The Hall–Kier alpha value is -2.00. The number of hydrogen-bond acceptors (Lipinski definition) is 6. The van der Waals surface area contributed by atoms with Gasteiger partial charge in [-0.05, 0) is 89.8 Å². The lowest BCUT2D eigenvalue weighted by molar-refractivity contribution is -0.122. The van der Waals surface area contributed by atoms with Crippen LogP contribution >= 0.6 is 0 Å². The van der Waals surface area contributed by atoms with Crippen LogP contribution in [0.4, 0.5) is 0 Å². The first-order valence-electron chi connectivity index (χ1n) is 11.6. The second-order valence-corrected chi connectivity index (χ2v) is 7.72. The predicted octanol–water partition coefficient (Wildman–Crippen LogP) is 0.729. The third-order valence-electron chi connectivity index (χ3n) is 4.94. The van der Waals surface area contributed by atoms with Crippen molar-refractivity contribution in [1.29, 1.82) is 0 Å². The summed E-state index contributed by atoms with van der Waals surface area (Å²) in [6.07, 6.45) is 6.42. The van der Waals surface area contributed by atoms with Crippen LogP contribution in [0.15, 0.2) is 30.3 Å². The highest BCUT2D eigenvalue weighted by Crippen LogP contribution is 2.01. The SMILES string of the molecule is NCCCNCCCCNCCCNC(=O)[C@H](N)CCCCNC(=O)c1ccccc1. The van der Waals surface area contributed by atoms with Crippen molar-refractivity contribution in [3.05, 3.63) is 35.9 Å². The quantitative estimate of drug-likeness (QED) is 0.178. The number of rotatable bonds is 19. The summed E-state index contributed by atoms with van der Waals surface area (Å²) in [5.74, 6) is -0.174. The lowest BCUT2D eigenvalue weighted by Gasteiger charge is -2.12. The highest BCUT2D eigenvalue weighted by atomic mass is 16.2. The minimum absolute atomic E-state index is 0.0737. The van der Waals surface area contributed by atoms with Crippen molar-refractivity contribution in [2.24, 2.45) is 11.5 Å². The van der Waals surface area contributed by atoms with Crippen molar-refractivity contribution in [3.8, 4) is 0 Å². The van der Waals surface area contributed by atoms with Crippen LogP contribution in [0.25, 0.3) is 0 Å². The van der Waals surface area contributed by atoms with Crippen molar-refractivity contribution in [2.75, 3.05) is 45.8 Å². The van der Waals surface area contributed by atoms with E-state index in [2.05, 4.69) is 21.3 Å². The average molecular weight is 435 g/mol. The molecule has 1 atom stereocenters. The molecule has 0 unspecified atom stereocenters. The van der Waals surface area contributed by atoms with Crippen LogP contribution < -0.4 is 32.7 Å². The van der Waals surface area contributed by atoms with E-state index in [-0.39, 0.29) is 11.8 Å². The third-order valence-corrected chi connectivity index (χ3v) is 4.94. The summed E-state index contributed by atoms with van der Waals surface area (Å²) in [6, 6.07) is 8.64. The van der Waals surface area contributed by atoms with Gasteiger partial charge in [0.2, 0.25) is 5.91 Å². The normalized spacial score (nSPS) is 11.8. The Morgan fingerprint density at radius 3 is 2.00 bits per heavy atom. The second kappa shape index (κ2) is 18.7. The summed E-state index contributed by atoms with van der Waals surface area (Å²) in [4.78, 5) is 24.0. The Morgan fingerprint density at radius 1 is 0.742 bits per heavy atom. The van der Waals surface area contributed by atoms with Crippen LogP contribution in [0.3, 0.4) is 0 Å². The minimum Gasteiger partial charge on any atom is -0.355 e. The van der Waals surface area contributed by atoms with Gasteiger partial charge in [-0.3, -0.25) is 9.59 Å². The van der Waals surface area contributed by atoms with Gasteiger partial charge < -0.3 is 32.7 Å². The predicted molar refractivity (Wildman–Crippen MR) is 127 cm³/mol. The Kier molecular flexibility index (Phi) is 16.3. The molecule has 0 spiro atoms. The maximum absolute atomic E-state index is 12.0. The monoisotopic (exact) mass is 434 g/mol. The molecular weight excluding hydrogens is 392 g/mol. The molecule has 1 aromatic rings. The molecule has 8 nitrogen and oxygen atoms in total. The van der Waals surface area contributed by atoms with E-state index in [4.69, 9.17) is 11.5 Å². The zero-order valence-corrected chi connectivity index (χ0v) is 18.8. The van der Waals surface area contributed by atoms with Crippen LogP contribution in [0.1, 0.15) is 55.3 Å². The molecule has 1 aromatic carbocycles. The first-order valence-corrected chi connectivity index (χ1v) is 11.6. The van der Waals surface area contributed by atoms with E-state index in [0.29, 0.717) is 25.1 Å². The molecule has 31 heavy (non-hydrogen) atoms. The molecule has 0 heterocycles. The van der Waals surface area contributed by atoms with Crippen LogP contribution in [0, 0.1) is 0 Å². The topological polar surface area (TPSA) is 134 Å². The van der Waals surface area contributed by atoms with Crippen LogP contribution in [-0.2, 0) is 4.79 Å². The molecule has 8 heteroatoms. The first kappa shape index (κ1) is 27.0. The fourth-order valence-electron chi connectivity index (χ4n) is 3.05. The summed E-state index contributed by atoms with van der Waals surface area (Å²) in [5, 5.41) is 12.5. The maximum atomic E-state index is 12.0. The minimum atomic E-state index is -0.496. The smallest absolute Gasteiger partial charge is 0.251 e. The molecule has 0 saturated heterocycles. The lowest BCUT2D eigenvalue weighted by atomic mass is 10.1. The Bertz CT molecular complexity index is 585. The zero-order chi connectivity index (χ0) is 22.6. The van der Waals surface area contributed by atoms with Gasteiger partial charge in [0.15, 0.2) is 0 Å². The Balaban J connectivity index is 1.90. The molecular formula is C23H42N6O2. The first-order chi connectivity index (χ1) is 15.1. The van der Waals surface area contributed by atoms with Gasteiger partial charge in [0.25, 0.3) is 5.91 Å². The number of benzene rings is 1. The number of hydrogen-bond donors (Lipinski definition) is 6. The molecule has 0 fully saturated rings. The van der Waals surface area contributed by atoms with Gasteiger partial charge in [-0.15, -0.1) is 0 Å². The van der Waals surface area contributed by atoms with Gasteiger partial charge in [-0.1, -0.05) is 18.2 Å². The third kappa shape index (κ3) is 14.6. The number of nitrogens with one attached hydrogen (secondary N) is 4. The fourth-order valence-corrected chi connectivity index (χ4v) is 3.05. The number of unbranched alkanes of at least 4 members (excludes halogenated alkanes) is 2. The molecule has 0 aromatic heterocycles. The van der Waals surface area contributed by atoms with Crippen LogP contribution in [-0.4, -0.2) is 63.7 Å². The summed E-state index contributed by atoms with van der Waals surface area (Å²) in [7, 11) is 0. The van der Waals surface area contributed by atoms with Gasteiger partial charge in [0.05, 0.1) is 6.04 Å². The summed E-state index contributed by atoms with van der Waals surface area (Å²) < 4.78 is 0. The van der Waals surface area contributed by atoms with Gasteiger partial charge in [-0.2, -0.15) is 0 Å². The van der Waals surface area contributed by atoms with Crippen molar-refractivity contribution >= 4 is 11.8 Å². The van der Waals surface area contributed by atoms with Crippen molar-refractivity contribution in [1.82, 2.24) is 21.3 Å². The number of carbonyl (C=O) groups excluding carboxylic acids is 2. The fraction of sp³-hybridized carbons (Fsp3) is 0.652. The zero-order valence-electron chi connectivity index (χ0n) is 18.8. The molecule has 0 aliphatic carbocycles. The number of nitrogens with two attached hydrogens (primary N) is 2. The van der Waals surface area contributed by atoms with Crippen molar-refractivity contribution < 1.29 is 9.59 Å². The molecule has 0 aliphatic heterocycles. The standard InChI is InChI=1S/C23H42N6O2/c24-13-8-16-26-14-6-7-15-27-17-9-19-29-23(31)21(25)12-4-5-18-28-22(30)20-10-2-1-3-11-20/h1-3,10-11,21,26-27H,4-9,12-19,24-25H2,(H,28,30)(H,29,31)/t21-/m1/s1. The van der Waals surface area contributed by atoms with E-state index in [1.165, 1.54) is 0 Å². The van der Waals surface area contributed by atoms with Gasteiger partial charge in [0, 0.05) is 18.7 Å². The molecule has 0 aliphatic rings. The van der Waals surface area contributed by atoms with Gasteiger partial charge in [0.1, 0.15) is 0 Å². The summed E-state index contributed by atoms with van der Waals surface area (Å²) in [6.45, 7) is 5.87. The molecule has 0 saturated carbocycles. The van der Waals surface area contributed by atoms with E-state index in [1.54, 1.807) is 12.1 Å². The maximum Gasteiger partial charge on any atom is 0.251 e. The molecule has 2 amide bonds. The van der Waals surface area contributed by atoms with Gasteiger partial charge in [-0.25, -0.2) is 0 Å². The van der Waals surface area contributed by atoms with Crippen molar-refractivity contribution in [2.45, 2.75) is 51.0 Å². The highest BCUT2D eigenvalue weighted by molar-refractivity contribution is 5.94. The van der Waals surface area contributed by atoms with E-state index >= 15 is 0 Å². The van der Waals surface area contributed by atoms with Gasteiger partial charge >= 0.3 is 0 Å². The summed E-state index contributed by atoms with van der Waals surface area (Å²) >= 11 is 0. The Morgan fingerprint density at radius 2 is 1.32 bits per heavy atom. The molecule has 8 N–H and O–H groups in total. The molecule has 0 bridgehead atoms. The summed E-state index contributed by atoms with van der Waals surface area (Å²) in [5.41, 5.74) is 12.1. The lowest BCUT2D eigenvalue weighted by Crippen LogP contribution is -2.41. The number of carbonyl (C=O) groups is 2. The van der Waals surface area contributed by atoms with E-state index in [1.807, 2.05) is 18.2 Å². The van der Waals surface area contributed by atoms with E-state index < -0.39 is 6.04 Å². The highest BCUT2D eigenvalue weighted by Gasteiger charge is 2.12. The van der Waals surface area contributed by atoms with E-state index in [9.17, 15) is 9.59 Å². The molecule has 0 radical (unpaired) electrons. The van der Waals surface area contributed by atoms with Crippen LogP contribution in [0.5, 0.6) is 0 Å². The number of amides is 2. The van der Waals surface area contributed by atoms with E-state index in [0.717, 1.165) is 71.2 Å². The second-order valence-electron chi connectivity index (χ2n) is 7.72. The molecule has 176 valence electrons. The Labute approximate surface area is 187 Å². The van der Waals surface area contributed by atoms with Crippen molar-refractivity contribution in [3.63, 3.8) is 0 Å². The largest absolute Gasteiger partial charge is 0.355 e. The van der Waals surface area contributed by atoms with Crippen LogP contribution in [0.2, 0.25) is 0 Å².